The van der Waals surface area contributed by atoms with E-state index in [1.807, 2.05) is 12.1 Å². The Balaban J connectivity index is 2.62. The van der Waals surface area contributed by atoms with E-state index in [-0.39, 0.29) is 6.61 Å². The van der Waals surface area contributed by atoms with Gasteiger partial charge in [0, 0.05) is 0 Å². The molecule has 4 nitrogen and oxygen atoms in total. The fourth-order valence-corrected chi connectivity index (χ4v) is 3.29. The lowest BCUT2D eigenvalue weighted by Gasteiger charge is -2.19. The summed E-state index contributed by atoms with van der Waals surface area (Å²) in [6.07, 6.45) is 7.10. The maximum atomic E-state index is 12.2. The van der Waals surface area contributed by atoms with Crippen LogP contribution in [0.5, 0.6) is 5.75 Å². The molecule has 1 rings (SSSR count). The van der Waals surface area contributed by atoms with E-state index in [9.17, 15) is 9.46 Å². The highest BCUT2D eigenvalue weighted by molar-refractivity contribution is 7.47. The standard InChI is InChI=1S/C18H31O4P/c1-4-7-11-16(6-3)15-21-23(19,20)22-18-14-10-9-13-17(18)12-8-5-2/h9-10,13-14,16H,4-8,11-12,15H2,1-3H3,(H,19,20). The third kappa shape index (κ3) is 8.01. The number of para-hydroxylation sites is 1. The van der Waals surface area contributed by atoms with Crippen molar-refractivity contribution in [2.45, 2.75) is 65.7 Å². The molecule has 0 spiro atoms. The van der Waals surface area contributed by atoms with Crippen LogP contribution in [0.2, 0.25) is 0 Å². The zero-order valence-corrected chi connectivity index (χ0v) is 15.6. The smallest absolute Gasteiger partial charge is 0.404 e. The highest BCUT2D eigenvalue weighted by Crippen LogP contribution is 2.45. The van der Waals surface area contributed by atoms with Crippen molar-refractivity contribution >= 4 is 7.82 Å². The Morgan fingerprint density at radius 1 is 1.13 bits per heavy atom. The summed E-state index contributed by atoms with van der Waals surface area (Å²) in [7, 11) is -4.07. The van der Waals surface area contributed by atoms with Gasteiger partial charge in [0.1, 0.15) is 5.75 Å². The van der Waals surface area contributed by atoms with Gasteiger partial charge in [-0.2, -0.15) is 0 Å². The van der Waals surface area contributed by atoms with Crippen LogP contribution in [0.15, 0.2) is 24.3 Å². The molecule has 0 bridgehead atoms. The number of aryl methyl sites for hydroxylation is 1. The normalized spacial score (nSPS) is 15.1. The van der Waals surface area contributed by atoms with E-state index in [1.54, 1.807) is 12.1 Å². The first-order valence-corrected chi connectivity index (χ1v) is 10.3. The minimum atomic E-state index is -4.07. The van der Waals surface area contributed by atoms with Gasteiger partial charge in [0.25, 0.3) is 0 Å². The molecule has 0 aliphatic heterocycles. The molecular formula is C18H31O4P. The van der Waals surface area contributed by atoms with E-state index >= 15 is 0 Å². The largest absolute Gasteiger partial charge is 0.527 e. The fourth-order valence-electron chi connectivity index (χ4n) is 2.41. The Bertz CT molecular complexity index is 490. The maximum absolute atomic E-state index is 12.2. The zero-order valence-electron chi connectivity index (χ0n) is 14.7. The third-order valence-electron chi connectivity index (χ3n) is 4.00. The molecule has 0 amide bonds. The molecule has 0 aromatic heterocycles. The number of rotatable bonds is 12. The van der Waals surface area contributed by atoms with Gasteiger partial charge >= 0.3 is 7.82 Å². The Labute approximate surface area is 140 Å². The lowest BCUT2D eigenvalue weighted by Crippen LogP contribution is -2.10. The number of benzene rings is 1. The lowest BCUT2D eigenvalue weighted by atomic mass is 10.0. The predicted octanol–water partition coefficient (Wildman–Crippen LogP) is 5.74. The van der Waals surface area contributed by atoms with Crippen LogP contribution in [0, 0.1) is 5.92 Å². The summed E-state index contributed by atoms with van der Waals surface area (Å²) >= 11 is 0. The Kier molecular flexibility index (Phi) is 9.54. The van der Waals surface area contributed by atoms with Crippen molar-refractivity contribution in [1.82, 2.24) is 0 Å². The first kappa shape index (κ1) is 20.2. The van der Waals surface area contributed by atoms with Crippen molar-refractivity contribution in [3.63, 3.8) is 0 Å². The molecule has 0 saturated heterocycles. The first-order chi connectivity index (χ1) is 11.0. The van der Waals surface area contributed by atoms with Crippen LogP contribution in [0.4, 0.5) is 0 Å². The summed E-state index contributed by atoms with van der Waals surface area (Å²) in [6, 6.07) is 7.38. The molecule has 23 heavy (non-hydrogen) atoms. The summed E-state index contributed by atoms with van der Waals surface area (Å²) in [5, 5.41) is 0. The van der Waals surface area contributed by atoms with Crippen molar-refractivity contribution in [3.05, 3.63) is 29.8 Å². The summed E-state index contributed by atoms with van der Waals surface area (Å²) in [5.74, 6) is 0.753. The fraction of sp³-hybridized carbons (Fsp3) is 0.667. The van der Waals surface area contributed by atoms with E-state index in [4.69, 9.17) is 9.05 Å². The highest BCUT2D eigenvalue weighted by atomic mass is 31.2. The van der Waals surface area contributed by atoms with E-state index in [0.29, 0.717) is 11.7 Å². The van der Waals surface area contributed by atoms with Crippen LogP contribution in [0.1, 0.15) is 64.9 Å². The summed E-state index contributed by atoms with van der Waals surface area (Å²) in [5.41, 5.74) is 0.949. The molecule has 1 aromatic rings. The van der Waals surface area contributed by atoms with Gasteiger partial charge in [0.05, 0.1) is 6.61 Å². The van der Waals surface area contributed by atoms with Crippen molar-refractivity contribution in [2.24, 2.45) is 5.92 Å². The molecule has 132 valence electrons. The van der Waals surface area contributed by atoms with Crippen molar-refractivity contribution < 1.29 is 18.5 Å². The monoisotopic (exact) mass is 342 g/mol. The lowest BCUT2D eigenvalue weighted by molar-refractivity contribution is 0.165. The Morgan fingerprint density at radius 3 is 2.48 bits per heavy atom. The molecular weight excluding hydrogens is 311 g/mol. The number of hydrogen-bond acceptors (Lipinski definition) is 3. The van der Waals surface area contributed by atoms with Crippen LogP contribution in [-0.4, -0.2) is 11.5 Å². The van der Waals surface area contributed by atoms with E-state index < -0.39 is 7.82 Å². The predicted molar refractivity (Wildman–Crippen MR) is 94.8 cm³/mol. The van der Waals surface area contributed by atoms with Crippen LogP contribution in [-0.2, 0) is 15.5 Å². The van der Waals surface area contributed by atoms with Crippen LogP contribution < -0.4 is 4.52 Å². The molecule has 0 saturated carbocycles. The second kappa shape index (κ2) is 10.9. The summed E-state index contributed by atoms with van der Waals surface area (Å²) in [4.78, 5) is 10.00. The van der Waals surface area contributed by atoms with Crippen LogP contribution in [0.3, 0.4) is 0 Å². The highest BCUT2D eigenvalue weighted by Gasteiger charge is 2.25. The Hall–Kier alpha value is -0.830. The second-order valence-corrected chi connectivity index (χ2v) is 7.36. The molecule has 1 N–H and O–H groups in total. The van der Waals surface area contributed by atoms with Gasteiger partial charge in [-0.15, -0.1) is 0 Å². The average molecular weight is 342 g/mol. The van der Waals surface area contributed by atoms with Gasteiger partial charge in [-0.05, 0) is 36.8 Å². The number of unbranched alkanes of at least 4 members (excludes halogenated alkanes) is 2. The topological polar surface area (TPSA) is 55.8 Å². The van der Waals surface area contributed by atoms with Gasteiger partial charge < -0.3 is 4.52 Å². The molecule has 2 atom stereocenters. The maximum Gasteiger partial charge on any atom is 0.527 e. The summed E-state index contributed by atoms with van der Waals surface area (Å²) in [6.45, 7) is 6.60. The third-order valence-corrected chi connectivity index (χ3v) is 4.91. The van der Waals surface area contributed by atoms with Gasteiger partial charge in [0.2, 0.25) is 0 Å². The van der Waals surface area contributed by atoms with Gasteiger partial charge in [-0.1, -0.05) is 64.7 Å². The van der Waals surface area contributed by atoms with Gasteiger partial charge in [-0.3, -0.25) is 9.42 Å². The van der Waals surface area contributed by atoms with E-state index in [2.05, 4.69) is 20.8 Å². The van der Waals surface area contributed by atoms with Crippen molar-refractivity contribution in [1.29, 1.82) is 0 Å². The van der Waals surface area contributed by atoms with Gasteiger partial charge in [-0.25, -0.2) is 4.57 Å². The molecule has 0 radical (unpaired) electrons. The first-order valence-electron chi connectivity index (χ1n) is 8.77. The van der Waals surface area contributed by atoms with E-state index in [0.717, 1.165) is 50.5 Å². The molecule has 5 heteroatoms. The molecule has 0 aliphatic carbocycles. The minimum absolute atomic E-state index is 0.265. The molecule has 0 fully saturated rings. The van der Waals surface area contributed by atoms with E-state index in [1.165, 1.54) is 0 Å². The SMILES string of the molecule is CCCCc1ccccc1OP(=O)(O)OCC(CC)CCCC. The van der Waals surface area contributed by atoms with Gasteiger partial charge in [0.15, 0.2) is 0 Å². The molecule has 0 heterocycles. The quantitative estimate of drug-likeness (QED) is 0.492. The minimum Gasteiger partial charge on any atom is -0.404 e. The number of hydrogen-bond donors (Lipinski definition) is 1. The molecule has 0 aliphatic rings. The van der Waals surface area contributed by atoms with Crippen LogP contribution >= 0.6 is 7.82 Å². The second-order valence-electron chi connectivity index (χ2n) is 5.98. The summed E-state index contributed by atoms with van der Waals surface area (Å²) < 4.78 is 22.8. The molecule has 1 aromatic carbocycles. The average Bonchev–Trinajstić information content (AvgIpc) is 2.54. The van der Waals surface area contributed by atoms with Crippen LogP contribution in [0.25, 0.3) is 0 Å². The Morgan fingerprint density at radius 2 is 1.83 bits per heavy atom. The number of phosphoric acid groups is 1. The number of phosphoric ester groups is 1. The van der Waals surface area contributed by atoms with Crippen molar-refractivity contribution in [3.8, 4) is 5.75 Å². The zero-order chi connectivity index (χ0) is 17.1. The molecule has 2 unspecified atom stereocenters. The van der Waals surface area contributed by atoms with Crippen molar-refractivity contribution in [2.75, 3.05) is 6.61 Å².